The second-order valence-corrected chi connectivity index (χ2v) is 2.33. The lowest BCUT2D eigenvalue weighted by Gasteiger charge is -1.92. The molecule has 0 radical (unpaired) electrons. The van der Waals surface area contributed by atoms with Crippen LogP contribution in [0.3, 0.4) is 0 Å². The van der Waals surface area contributed by atoms with Gasteiger partial charge in [0.1, 0.15) is 0 Å². The summed E-state index contributed by atoms with van der Waals surface area (Å²) in [6.45, 7) is 3.60. The lowest BCUT2D eigenvalue weighted by atomic mass is 10.2. The molecule has 56 valence electrons. The summed E-state index contributed by atoms with van der Waals surface area (Å²) in [6.07, 6.45) is 1.71. The maximum atomic E-state index is 10.1. The van der Waals surface area contributed by atoms with E-state index in [1.165, 1.54) is 0 Å². The molecule has 2 nitrogen and oxygen atoms in total. The van der Waals surface area contributed by atoms with Gasteiger partial charge in [0.2, 0.25) is 0 Å². The van der Waals surface area contributed by atoms with Gasteiger partial charge in [0.25, 0.3) is 0 Å². The highest BCUT2D eigenvalue weighted by Gasteiger charge is 1.96. The van der Waals surface area contributed by atoms with Gasteiger partial charge in [-0.25, -0.2) is 0 Å². The molecule has 1 unspecified atom stereocenters. The molecule has 0 fully saturated rings. The highest BCUT2D eigenvalue weighted by Crippen LogP contribution is 2.17. The minimum Gasteiger partial charge on any atom is -0.256 e. The third kappa shape index (κ3) is 2.17. The Morgan fingerprint density at radius 2 is 2.36 bits per heavy atom. The first-order valence-electron chi connectivity index (χ1n) is 3.13. The first-order chi connectivity index (χ1) is 5.36. The molecule has 0 aliphatic carbocycles. The Labute approximate surface area is 66.8 Å². The molecular weight excluding hydrogens is 159 g/mol. The molecule has 0 amide bonds. The standard InChI is InChI=1S/C8H8O2P/c1-2-7-4-3-5-8(6-7)10-11-9/h2-6,11H,1H2/q+1. The van der Waals surface area contributed by atoms with E-state index in [1.807, 2.05) is 12.1 Å². The van der Waals surface area contributed by atoms with Gasteiger partial charge in [-0.1, -0.05) is 24.8 Å². The van der Waals surface area contributed by atoms with Gasteiger partial charge in [-0.15, -0.1) is 0 Å². The van der Waals surface area contributed by atoms with Gasteiger partial charge in [-0.2, -0.15) is 0 Å². The van der Waals surface area contributed by atoms with E-state index in [0.29, 0.717) is 5.75 Å². The Balaban J connectivity index is 2.90. The van der Waals surface area contributed by atoms with Crippen molar-refractivity contribution in [2.45, 2.75) is 0 Å². The average molecular weight is 167 g/mol. The topological polar surface area (TPSA) is 26.3 Å². The minimum absolute atomic E-state index is 0.607. The molecule has 0 heterocycles. The van der Waals surface area contributed by atoms with Gasteiger partial charge in [0, 0.05) is 0 Å². The third-order valence-corrected chi connectivity index (χ3v) is 1.57. The van der Waals surface area contributed by atoms with Crippen LogP contribution in [0.2, 0.25) is 0 Å². The summed E-state index contributed by atoms with van der Waals surface area (Å²) in [7, 11) is -0.751. The molecule has 11 heavy (non-hydrogen) atoms. The van der Waals surface area contributed by atoms with E-state index < -0.39 is 8.69 Å². The lowest BCUT2D eigenvalue weighted by molar-refractivity contribution is 0.525. The number of hydrogen-bond acceptors (Lipinski definition) is 2. The first-order valence-corrected chi connectivity index (χ1v) is 3.95. The zero-order valence-corrected chi connectivity index (χ0v) is 6.91. The van der Waals surface area contributed by atoms with Crippen LogP contribution in [0.1, 0.15) is 5.56 Å². The Hall–Kier alpha value is -1.14. The zero-order chi connectivity index (χ0) is 8.10. The Morgan fingerprint density at radius 1 is 1.55 bits per heavy atom. The van der Waals surface area contributed by atoms with Crippen molar-refractivity contribution in [2.75, 3.05) is 0 Å². The van der Waals surface area contributed by atoms with Crippen molar-refractivity contribution in [1.82, 2.24) is 0 Å². The molecule has 0 aliphatic heterocycles. The van der Waals surface area contributed by atoms with E-state index in [4.69, 9.17) is 4.52 Å². The fourth-order valence-corrected chi connectivity index (χ4v) is 0.976. The summed E-state index contributed by atoms with van der Waals surface area (Å²) >= 11 is 0. The Morgan fingerprint density at radius 3 is 3.00 bits per heavy atom. The van der Waals surface area contributed by atoms with Crippen LogP contribution in [0.25, 0.3) is 6.08 Å². The van der Waals surface area contributed by atoms with E-state index >= 15 is 0 Å². The van der Waals surface area contributed by atoms with Gasteiger partial charge in [0.15, 0.2) is 5.75 Å². The second-order valence-electron chi connectivity index (χ2n) is 1.96. The minimum atomic E-state index is -0.751. The van der Waals surface area contributed by atoms with Crippen molar-refractivity contribution in [3.05, 3.63) is 36.4 Å². The van der Waals surface area contributed by atoms with Crippen molar-refractivity contribution in [1.29, 1.82) is 0 Å². The molecular formula is C8H8O2P+. The van der Waals surface area contributed by atoms with Crippen LogP contribution in [-0.4, -0.2) is 0 Å². The summed E-state index contributed by atoms with van der Waals surface area (Å²) in [4.78, 5) is 0. The monoisotopic (exact) mass is 167 g/mol. The summed E-state index contributed by atoms with van der Waals surface area (Å²) < 4.78 is 14.9. The second kappa shape index (κ2) is 3.89. The smallest absolute Gasteiger partial charge is 0.256 e. The van der Waals surface area contributed by atoms with Crippen LogP contribution >= 0.6 is 8.69 Å². The molecule has 0 bridgehead atoms. The Kier molecular flexibility index (Phi) is 2.82. The van der Waals surface area contributed by atoms with Gasteiger partial charge >= 0.3 is 8.69 Å². The molecule has 0 spiro atoms. The predicted octanol–water partition coefficient (Wildman–Crippen LogP) is 2.65. The molecule has 0 aliphatic rings. The highest BCUT2D eigenvalue weighted by molar-refractivity contribution is 7.17. The normalized spacial score (nSPS) is 9.45. The van der Waals surface area contributed by atoms with Gasteiger partial charge in [-0.05, 0) is 22.3 Å². The van der Waals surface area contributed by atoms with E-state index in [2.05, 4.69) is 6.58 Å². The van der Waals surface area contributed by atoms with E-state index in [-0.39, 0.29) is 0 Å². The summed E-state index contributed by atoms with van der Waals surface area (Å²) in [5.74, 6) is 0.607. The molecule has 3 heteroatoms. The largest absolute Gasteiger partial charge is 0.542 e. The lowest BCUT2D eigenvalue weighted by Crippen LogP contribution is -1.75. The van der Waals surface area contributed by atoms with Gasteiger partial charge in [-0.3, -0.25) is 4.52 Å². The molecule has 1 rings (SSSR count). The molecule has 1 aromatic rings. The van der Waals surface area contributed by atoms with Crippen molar-refractivity contribution in [2.24, 2.45) is 0 Å². The summed E-state index contributed by atoms with van der Waals surface area (Å²) in [6, 6.07) is 7.25. The van der Waals surface area contributed by atoms with Crippen LogP contribution in [0.15, 0.2) is 30.8 Å². The van der Waals surface area contributed by atoms with Crippen molar-refractivity contribution in [3.8, 4) is 5.75 Å². The predicted molar refractivity (Wildman–Crippen MR) is 46.2 cm³/mol. The van der Waals surface area contributed by atoms with Crippen molar-refractivity contribution >= 4 is 14.8 Å². The number of benzene rings is 1. The fourth-order valence-electron chi connectivity index (χ4n) is 0.753. The quantitative estimate of drug-likeness (QED) is 0.647. The van der Waals surface area contributed by atoms with Gasteiger partial charge < -0.3 is 0 Å². The molecule has 0 aromatic heterocycles. The SMILES string of the molecule is C=Cc1cccc(O[PH+]=O)c1. The number of hydrogen-bond donors (Lipinski definition) is 0. The van der Waals surface area contributed by atoms with E-state index in [1.54, 1.807) is 18.2 Å². The van der Waals surface area contributed by atoms with E-state index in [9.17, 15) is 4.57 Å². The van der Waals surface area contributed by atoms with Crippen molar-refractivity contribution < 1.29 is 9.09 Å². The maximum absolute atomic E-state index is 10.1. The van der Waals surface area contributed by atoms with Gasteiger partial charge in [0.05, 0.1) is 0 Å². The fraction of sp³-hybridized carbons (Fsp3) is 0. The Bertz CT molecular complexity index is 271. The highest BCUT2D eigenvalue weighted by atomic mass is 31.1. The molecule has 1 atom stereocenters. The number of rotatable bonds is 3. The van der Waals surface area contributed by atoms with Crippen LogP contribution < -0.4 is 4.52 Å². The molecule has 1 aromatic carbocycles. The van der Waals surface area contributed by atoms with Crippen LogP contribution in [-0.2, 0) is 4.57 Å². The van der Waals surface area contributed by atoms with Crippen LogP contribution in [0, 0.1) is 0 Å². The third-order valence-electron chi connectivity index (χ3n) is 1.25. The molecule has 0 saturated heterocycles. The zero-order valence-electron chi connectivity index (χ0n) is 5.91. The molecule has 0 saturated carbocycles. The van der Waals surface area contributed by atoms with E-state index in [0.717, 1.165) is 5.56 Å². The van der Waals surface area contributed by atoms with Crippen LogP contribution in [0.4, 0.5) is 0 Å². The summed E-state index contributed by atoms with van der Waals surface area (Å²) in [5, 5.41) is 0. The maximum Gasteiger partial charge on any atom is 0.542 e. The summed E-state index contributed by atoms with van der Waals surface area (Å²) in [5.41, 5.74) is 0.959. The first kappa shape index (κ1) is 7.96. The van der Waals surface area contributed by atoms with Crippen LogP contribution in [0.5, 0.6) is 5.75 Å². The molecule has 0 N–H and O–H groups in total. The average Bonchev–Trinajstić information content (AvgIpc) is 2.06. The van der Waals surface area contributed by atoms with Crippen molar-refractivity contribution in [3.63, 3.8) is 0 Å².